The van der Waals surface area contributed by atoms with Gasteiger partial charge in [-0.2, -0.15) is 5.26 Å². The number of anilines is 1. The first-order valence-electron chi connectivity index (χ1n) is 8.19. The van der Waals surface area contributed by atoms with Crippen LogP contribution < -0.4 is 10.6 Å². The highest BCUT2D eigenvalue weighted by Gasteiger charge is 2.56. The Labute approximate surface area is 146 Å². The lowest BCUT2D eigenvalue weighted by molar-refractivity contribution is -0.134. The second-order valence-electron chi connectivity index (χ2n) is 6.33. The summed E-state index contributed by atoms with van der Waals surface area (Å²) in [5, 5.41) is 14.5. The van der Waals surface area contributed by atoms with Crippen molar-refractivity contribution < 1.29 is 9.59 Å². The summed E-state index contributed by atoms with van der Waals surface area (Å²) in [6.07, 6.45) is 1.10. The summed E-state index contributed by atoms with van der Waals surface area (Å²) in [5.74, 6) is -0.526. The van der Waals surface area contributed by atoms with Crippen molar-refractivity contribution in [2.24, 2.45) is 5.41 Å². The minimum Gasteiger partial charge on any atom is -0.351 e. The van der Waals surface area contributed by atoms with Gasteiger partial charge in [0.15, 0.2) is 0 Å². The Morgan fingerprint density at radius 1 is 1.08 bits per heavy atom. The summed E-state index contributed by atoms with van der Waals surface area (Å²) in [6, 6.07) is 16.5. The fraction of sp³-hybridized carbons (Fsp3) is 0.250. The van der Waals surface area contributed by atoms with Crippen LogP contribution in [0.3, 0.4) is 0 Å². The number of benzene rings is 2. The molecule has 0 aliphatic heterocycles. The standard InChI is InChI=1S/C20H19N3O2/c1-14-4-2-3-5-16(14)13-22-18(24)20(10-11-20)19(25)23-17-8-6-15(12-21)7-9-17/h2-9H,10-11,13H2,1H3,(H,22,24)(H,23,25). The average molecular weight is 333 g/mol. The fourth-order valence-corrected chi connectivity index (χ4v) is 2.71. The lowest BCUT2D eigenvalue weighted by atomic mass is 10.0. The monoisotopic (exact) mass is 333 g/mol. The van der Waals surface area contributed by atoms with Gasteiger partial charge in [0.05, 0.1) is 11.6 Å². The van der Waals surface area contributed by atoms with E-state index in [-0.39, 0.29) is 11.8 Å². The van der Waals surface area contributed by atoms with Crippen LogP contribution in [-0.4, -0.2) is 11.8 Å². The van der Waals surface area contributed by atoms with Crippen molar-refractivity contribution in [2.45, 2.75) is 26.3 Å². The van der Waals surface area contributed by atoms with Crippen molar-refractivity contribution in [3.8, 4) is 6.07 Å². The molecule has 5 nitrogen and oxygen atoms in total. The minimum absolute atomic E-state index is 0.234. The third-order valence-corrected chi connectivity index (χ3v) is 4.59. The number of hydrogen-bond acceptors (Lipinski definition) is 3. The fourth-order valence-electron chi connectivity index (χ4n) is 2.71. The number of carbonyl (C=O) groups is 2. The van der Waals surface area contributed by atoms with Crippen LogP contribution in [0.2, 0.25) is 0 Å². The number of aryl methyl sites for hydroxylation is 1. The number of rotatable bonds is 5. The first-order chi connectivity index (χ1) is 12.0. The second-order valence-corrected chi connectivity index (χ2v) is 6.33. The van der Waals surface area contributed by atoms with Gasteiger partial charge < -0.3 is 10.6 Å². The van der Waals surface area contributed by atoms with Gasteiger partial charge >= 0.3 is 0 Å². The summed E-state index contributed by atoms with van der Waals surface area (Å²) < 4.78 is 0. The molecular weight excluding hydrogens is 314 g/mol. The number of carbonyl (C=O) groups excluding carboxylic acids is 2. The van der Waals surface area contributed by atoms with Crippen molar-refractivity contribution >= 4 is 17.5 Å². The van der Waals surface area contributed by atoms with Gasteiger partial charge in [0.1, 0.15) is 5.41 Å². The maximum Gasteiger partial charge on any atom is 0.240 e. The lowest BCUT2D eigenvalue weighted by Crippen LogP contribution is -2.39. The van der Waals surface area contributed by atoms with E-state index in [0.717, 1.165) is 11.1 Å². The maximum atomic E-state index is 12.5. The zero-order chi connectivity index (χ0) is 17.9. The quantitative estimate of drug-likeness (QED) is 0.826. The van der Waals surface area contributed by atoms with E-state index in [1.165, 1.54) is 0 Å². The summed E-state index contributed by atoms with van der Waals surface area (Å²) in [6.45, 7) is 2.41. The molecule has 2 aromatic carbocycles. The van der Waals surface area contributed by atoms with Crippen molar-refractivity contribution in [1.82, 2.24) is 5.32 Å². The van der Waals surface area contributed by atoms with Gasteiger partial charge in [0, 0.05) is 12.2 Å². The van der Waals surface area contributed by atoms with Crippen LogP contribution in [0, 0.1) is 23.7 Å². The molecule has 2 aromatic rings. The number of nitriles is 1. The molecular formula is C20H19N3O2. The third-order valence-electron chi connectivity index (χ3n) is 4.59. The molecule has 25 heavy (non-hydrogen) atoms. The first-order valence-corrected chi connectivity index (χ1v) is 8.19. The van der Waals surface area contributed by atoms with Crippen LogP contribution in [0.15, 0.2) is 48.5 Å². The van der Waals surface area contributed by atoms with Crippen LogP contribution in [0.1, 0.15) is 29.5 Å². The largest absolute Gasteiger partial charge is 0.351 e. The summed E-state index contributed by atoms with van der Waals surface area (Å²) in [5.41, 5.74) is 2.28. The lowest BCUT2D eigenvalue weighted by Gasteiger charge is -2.16. The molecule has 0 radical (unpaired) electrons. The van der Waals surface area contributed by atoms with E-state index >= 15 is 0 Å². The molecule has 1 fully saturated rings. The Kier molecular flexibility index (Phi) is 4.53. The van der Waals surface area contributed by atoms with Crippen molar-refractivity contribution in [3.63, 3.8) is 0 Å². The Balaban J connectivity index is 1.62. The van der Waals surface area contributed by atoms with Gasteiger partial charge in [0.25, 0.3) is 0 Å². The molecule has 0 spiro atoms. The predicted molar refractivity (Wildman–Crippen MR) is 94.5 cm³/mol. The Morgan fingerprint density at radius 2 is 1.76 bits per heavy atom. The number of hydrogen-bond donors (Lipinski definition) is 2. The number of nitrogens with zero attached hydrogens (tertiary/aromatic N) is 1. The van der Waals surface area contributed by atoms with E-state index in [4.69, 9.17) is 5.26 Å². The molecule has 3 rings (SSSR count). The second kappa shape index (κ2) is 6.78. The van der Waals surface area contributed by atoms with Gasteiger partial charge in [-0.25, -0.2) is 0 Å². The SMILES string of the molecule is Cc1ccccc1CNC(=O)C1(C(=O)Nc2ccc(C#N)cc2)CC1. The van der Waals surface area contributed by atoms with Crippen LogP contribution in [0.4, 0.5) is 5.69 Å². The van der Waals surface area contributed by atoms with Gasteiger partial charge in [-0.15, -0.1) is 0 Å². The normalized spacial score (nSPS) is 14.2. The van der Waals surface area contributed by atoms with Crippen molar-refractivity contribution in [3.05, 3.63) is 65.2 Å². The average Bonchev–Trinajstić information content (AvgIpc) is 3.43. The molecule has 1 aliphatic rings. The number of amides is 2. The molecule has 0 heterocycles. The summed E-state index contributed by atoms with van der Waals surface area (Å²) in [7, 11) is 0. The summed E-state index contributed by atoms with van der Waals surface area (Å²) >= 11 is 0. The predicted octanol–water partition coefficient (Wildman–Crippen LogP) is 2.90. The molecule has 2 N–H and O–H groups in total. The first kappa shape index (κ1) is 16.7. The smallest absolute Gasteiger partial charge is 0.240 e. The van der Waals surface area contributed by atoms with Crippen molar-refractivity contribution in [2.75, 3.05) is 5.32 Å². The Bertz CT molecular complexity index is 846. The van der Waals surface area contributed by atoms with Gasteiger partial charge in [-0.05, 0) is 55.2 Å². The van der Waals surface area contributed by atoms with E-state index in [2.05, 4.69) is 10.6 Å². The van der Waals surface area contributed by atoms with E-state index < -0.39 is 5.41 Å². The molecule has 0 saturated heterocycles. The van der Waals surface area contributed by atoms with E-state index in [9.17, 15) is 9.59 Å². The van der Waals surface area contributed by atoms with Gasteiger partial charge in [-0.1, -0.05) is 24.3 Å². The van der Waals surface area contributed by atoms with E-state index in [1.807, 2.05) is 37.3 Å². The third kappa shape index (κ3) is 3.53. The molecule has 0 unspecified atom stereocenters. The molecule has 1 saturated carbocycles. The summed E-state index contributed by atoms with van der Waals surface area (Å²) in [4.78, 5) is 25.1. The van der Waals surface area contributed by atoms with Crippen molar-refractivity contribution in [1.29, 1.82) is 5.26 Å². The Morgan fingerprint density at radius 3 is 2.36 bits per heavy atom. The van der Waals surface area contributed by atoms with Crippen LogP contribution in [0.5, 0.6) is 0 Å². The van der Waals surface area contributed by atoms with Crippen LogP contribution >= 0.6 is 0 Å². The molecule has 5 heteroatoms. The van der Waals surface area contributed by atoms with Gasteiger partial charge in [0.2, 0.25) is 11.8 Å². The molecule has 126 valence electrons. The molecule has 2 amide bonds. The zero-order valence-electron chi connectivity index (χ0n) is 14.0. The zero-order valence-corrected chi connectivity index (χ0v) is 14.0. The molecule has 0 aromatic heterocycles. The molecule has 1 aliphatic carbocycles. The van der Waals surface area contributed by atoms with Crippen LogP contribution in [0.25, 0.3) is 0 Å². The number of nitrogens with one attached hydrogen (secondary N) is 2. The molecule has 0 bridgehead atoms. The highest BCUT2D eigenvalue weighted by molar-refractivity contribution is 6.13. The molecule has 0 atom stereocenters. The maximum absolute atomic E-state index is 12.5. The van der Waals surface area contributed by atoms with E-state index in [1.54, 1.807) is 24.3 Å². The van der Waals surface area contributed by atoms with Crippen LogP contribution in [-0.2, 0) is 16.1 Å². The Hall–Kier alpha value is -3.13. The van der Waals surface area contributed by atoms with E-state index in [0.29, 0.717) is 30.6 Å². The highest BCUT2D eigenvalue weighted by atomic mass is 16.2. The minimum atomic E-state index is -0.976. The topological polar surface area (TPSA) is 82.0 Å². The van der Waals surface area contributed by atoms with Gasteiger partial charge in [-0.3, -0.25) is 9.59 Å². The highest BCUT2D eigenvalue weighted by Crippen LogP contribution is 2.46.